The number of nitrogens with zero attached hydrogens (tertiary/aromatic N) is 3. The molecular formula is C14H15F3N4O. The zero-order chi connectivity index (χ0) is 16.2. The molecule has 0 heterocycles. The van der Waals surface area contributed by atoms with Crippen molar-refractivity contribution in [1.29, 1.82) is 0 Å². The molecule has 2 atom stereocenters. The monoisotopic (exact) mass is 312 g/mol. The molecule has 8 heteroatoms. The van der Waals surface area contributed by atoms with Gasteiger partial charge in [-0.05, 0) is 42.6 Å². The van der Waals surface area contributed by atoms with Crippen LogP contribution in [0.1, 0.15) is 41.6 Å². The van der Waals surface area contributed by atoms with Crippen LogP contribution in [0.15, 0.2) is 29.4 Å². The van der Waals surface area contributed by atoms with E-state index in [2.05, 4.69) is 15.3 Å². The van der Waals surface area contributed by atoms with Gasteiger partial charge in [-0.1, -0.05) is 18.0 Å². The van der Waals surface area contributed by atoms with Gasteiger partial charge in [0.2, 0.25) is 0 Å². The summed E-state index contributed by atoms with van der Waals surface area (Å²) in [4.78, 5) is 14.9. The lowest BCUT2D eigenvalue weighted by Crippen LogP contribution is -2.44. The molecule has 5 nitrogen and oxygen atoms in total. The van der Waals surface area contributed by atoms with Crippen LogP contribution >= 0.6 is 0 Å². The van der Waals surface area contributed by atoms with Gasteiger partial charge in [0.1, 0.15) is 0 Å². The predicted molar refractivity (Wildman–Crippen MR) is 74.1 cm³/mol. The van der Waals surface area contributed by atoms with Gasteiger partial charge in [0.15, 0.2) is 0 Å². The topological polar surface area (TPSA) is 77.9 Å². The van der Waals surface area contributed by atoms with Gasteiger partial charge in [0.25, 0.3) is 5.91 Å². The molecule has 0 unspecified atom stereocenters. The summed E-state index contributed by atoms with van der Waals surface area (Å²) in [6, 6.07) is 3.45. The van der Waals surface area contributed by atoms with Crippen LogP contribution in [0.2, 0.25) is 0 Å². The minimum Gasteiger partial charge on any atom is -0.349 e. The Balaban J connectivity index is 2.06. The average Bonchev–Trinajstić information content (AvgIpc) is 2.49. The molecular weight excluding hydrogens is 297 g/mol. The number of amides is 1. The Morgan fingerprint density at radius 3 is 2.45 bits per heavy atom. The summed E-state index contributed by atoms with van der Waals surface area (Å²) >= 11 is 0. The smallest absolute Gasteiger partial charge is 0.349 e. The van der Waals surface area contributed by atoms with Crippen LogP contribution in [0.5, 0.6) is 0 Å². The highest BCUT2D eigenvalue weighted by atomic mass is 19.4. The number of azide groups is 1. The lowest BCUT2D eigenvalue weighted by Gasteiger charge is -2.28. The maximum Gasteiger partial charge on any atom is 0.416 e. The van der Waals surface area contributed by atoms with E-state index in [1.807, 2.05) is 0 Å². The summed E-state index contributed by atoms with van der Waals surface area (Å²) in [5, 5.41) is 6.42. The Kier molecular flexibility index (Phi) is 4.92. The zero-order valence-electron chi connectivity index (χ0n) is 11.7. The number of hydrogen-bond acceptors (Lipinski definition) is 2. The molecule has 1 aliphatic carbocycles. The molecule has 1 saturated carbocycles. The predicted octanol–water partition coefficient (Wildman–Crippen LogP) is 4.06. The Bertz CT molecular complexity index is 579. The van der Waals surface area contributed by atoms with E-state index in [4.69, 9.17) is 5.53 Å². The summed E-state index contributed by atoms with van der Waals surface area (Å²) < 4.78 is 37.4. The highest BCUT2D eigenvalue weighted by molar-refractivity contribution is 5.94. The van der Waals surface area contributed by atoms with Gasteiger partial charge in [-0.25, -0.2) is 0 Å². The van der Waals surface area contributed by atoms with Crippen LogP contribution in [0.4, 0.5) is 13.2 Å². The number of halogens is 3. The minimum absolute atomic E-state index is 0.151. The van der Waals surface area contributed by atoms with Crippen molar-refractivity contribution in [3.8, 4) is 0 Å². The van der Waals surface area contributed by atoms with Gasteiger partial charge in [-0.15, -0.1) is 0 Å². The van der Waals surface area contributed by atoms with E-state index in [0.29, 0.717) is 12.8 Å². The number of alkyl halides is 3. The van der Waals surface area contributed by atoms with Gasteiger partial charge in [-0.3, -0.25) is 4.79 Å². The Morgan fingerprint density at radius 2 is 1.86 bits per heavy atom. The van der Waals surface area contributed by atoms with E-state index < -0.39 is 17.6 Å². The Labute approximate surface area is 125 Å². The fourth-order valence-electron chi connectivity index (χ4n) is 2.55. The number of hydrogen-bond donors (Lipinski definition) is 1. The number of carbonyl (C=O) groups is 1. The maximum atomic E-state index is 12.5. The summed E-state index contributed by atoms with van der Waals surface area (Å²) in [7, 11) is 0. The first-order valence-corrected chi connectivity index (χ1v) is 6.94. The molecule has 1 aliphatic rings. The third-order valence-corrected chi connectivity index (χ3v) is 3.72. The van der Waals surface area contributed by atoms with E-state index in [1.165, 1.54) is 0 Å². The molecule has 1 aromatic carbocycles. The van der Waals surface area contributed by atoms with Gasteiger partial charge in [0.05, 0.1) is 11.6 Å². The SMILES string of the molecule is [N-]=[N+]=N[C@@H]1CCCC[C@H]1NC(=O)c1ccc(C(F)(F)F)cc1. The number of nitrogens with one attached hydrogen (secondary N) is 1. The first-order valence-electron chi connectivity index (χ1n) is 6.94. The third-order valence-electron chi connectivity index (χ3n) is 3.72. The molecule has 0 spiro atoms. The second-order valence-corrected chi connectivity index (χ2v) is 5.21. The highest BCUT2D eigenvalue weighted by Crippen LogP contribution is 2.29. The Hall–Kier alpha value is -2.21. The quantitative estimate of drug-likeness (QED) is 0.510. The van der Waals surface area contributed by atoms with Crippen LogP contribution < -0.4 is 5.32 Å². The molecule has 1 amide bonds. The van der Waals surface area contributed by atoms with E-state index in [9.17, 15) is 18.0 Å². The van der Waals surface area contributed by atoms with Gasteiger partial charge in [0, 0.05) is 16.5 Å². The first-order chi connectivity index (χ1) is 10.4. The molecule has 0 aliphatic heterocycles. The highest BCUT2D eigenvalue weighted by Gasteiger charge is 2.30. The van der Waals surface area contributed by atoms with E-state index in [1.54, 1.807) is 0 Å². The third kappa shape index (κ3) is 3.92. The van der Waals surface area contributed by atoms with Gasteiger partial charge in [-0.2, -0.15) is 13.2 Å². The van der Waals surface area contributed by atoms with Crippen molar-refractivity contribution in [2.45, 2.75) is 43.9 Å². The van der Waals surface area contributed by atoms with Crippen molar-refractivity contribution in [3.63, 3.8) is 0 Å². The van der Waals surface area contributed by atoms with Gasteiger partial charge >= 0.3 is 6.18 Å². The molecule has 22 heavy (non-hydrogen) atoms. The minimum atomic E-state index is -4.43. The molecule has 0 saturated heterocycles. The molecule has 1 aromatic rings. The molecule has 0 radical (unpaired) electrons. The largest absolute Gasteiger partial charge is 0.416 e. The summed E-state index contributed by atoms with van der Waals surface area (Å²) in [6.45, 7) is 0. The standard InChI is InChI=1S/C14H15F3N4O/c15-14(16,17)10-7-5-9(6-8-10)13(22)19-11-3-1-2-4-12(11)20-21-18/h5-8,11-12H,1-4H2,(H,19,22)/t11-,12-/m1/s1. The van der Waals surface area contributed by atoms with E-state index in [0.717, 1.165) is 37.1 Å². The number of rotatable bonds is 3. The van der Waals surface area contributed by atoms with Crippen LogP contribution in [0.3, 0.4) is 0 Å². The van der Waals surface area contributed by atoms with Crippen LogP contribution in [0.25, 0.3) is 10.4 Å². The average molecular weight is 312 g/mol. The molecule has 0 bridgehead atoms. The molecule has 118 valence electrons. The van der Waals surface area contributed by atoms with Crippen LogP contribution in [0, 0.1) is 0 Å². The summed E-state index contributed by atoms with van der Waals surface area (Å²) in [6.07, 6.45) is -1.20. The van der Waals surface area contributed by atoms with Crippen molar-refractivity contribution in [2.75, 3.05) is 0 Å². The summed E-state index contributed by atoms with van der Waals surface area (Å²) in [5.41, 5.74) is 7.89. The Morgan fingerprint density at radius 1 is 1.23 bits per heavy atom. The van der Waals surface area contributed by atoms with Crippen LogP contribution in [-0.4, -0.2) is 18.0 Å². The van der Waals surface area contributed by atoms with Gasteiger partial charge < -0.3 is 5.32 Å². The second-order valence-electron chi connectivity index (χ2n) is 5.21. The van der Waals surface area contributed by atoms with Crippen molar-refractivity contribution in [2.24, 2.45) is 5.11 Å². The lowest BCUT2D eigenvalue weighted by molar-refractivity contribution is -0.137. The normalized spacial score (nSPS) is 21.8. The molecule has 1 fully saturated rings. The van der Waals surface area contributed by atoms with Crippen molar-refractivity contribution < 1.29 is 18.0 Å². The maximum absolute atomic E-state index is 12.5. The zero-order valence-corrected chi connectivity index (χ0v) is 11.7. The van der Waals surface area contributed by atoms with Crippen molar-refractivity contribution in [3.05, 3.63) is 45.8 Å². The first kappa shape index (κ1) is 16.2. The van der Waals surface area contributed by atoms with Crippen molar-refractivity contribution >= 4 is 5.91 Å². The number of carbonyl (C=O) groups excluding carboxylic acids is 1. The fraction of sp³-hybridized carbons (Fsp3) is 0.500. The lowest BCUT2D eigenvalue weighted by atomic mass is 9.90. The second kappa shape index (κ2) is 6.70. The van der Waals surface area contributed by atoms with E-state index in [-0.39, 0.29) is 17.6 Å². The van der Waals surface area contributed by atoms with Crippen molar-refractivity contribution in [1.82, 2.24) is 5.32 Å². The fourth-order valence-corrected chi connectivity index (χ4v) is 2.55. The molecule has 0 aromatic heterocycles. The van der Waals surface area contributed by atoms with E-state index >= 15 is 0 Å². The van der Waals surface area contributed by atoms with Crippen LogP contribution in [-0.2, 0) is 6.18 Å². The summed E-state index contributed by atoms with van der Waals surface area (Å²) in [5.74, 6) is -0.459. The number of benzene rings is 1. The molecule has 2 rings (SSSR count). The molecule has 1 N–H and O–H groups in total.